The minimum absolute atomic E-state index is 0.0809. The first-order valence-corrected chi connectivity index (χ1v) is 9.47. The molecule has 2 N–H and O–H groups in total. The number of carbonyl (C=O) groups excluding carboxylic acids is 2. The lowest BCUT2D eigenvalue weighted by Crippen LogP contribution is -2.74. The molecule has 0 radical (unpaired) electrons. The van der Waals surface area contributed by atoms with Gasteiger partial charge in [-0.3, -0.25) is 4.79 Å². The van der Waals surface area contributed by atoms with Crippen molar-refractivity contribution in [1.82, 2.24) is 4.90 Å². The van der Waals surface area contributed by atoms with Crippen LogP contribution in [0.2, 0.25) is 0 Å². The number of ether oxygens (including phenoxy) is 5. The van der Waals surface area contributed by atoms with E-state index in [-0.39, 0.29) is 12.5 Å². The molecular weight excluding hydrogens is 386 g/mol. The van der Waals surface area contributed by atoms with Crippen molar-refractivity contribution >= 4 is 11.9 Å². The second-order valence-corrected chi connectivity index (χ2v) is 8.17. The Morgan fingerprint density at radius 2 is 1.93 bits per heavy atom. The van der Waals surface area contributed by atoms with E-state index in [9.17, 15) is 19.8 Å². The zero-order valence-electron chi connectivity index (χ0n) is 17.2. The van der Waals surface area contributed by atoms with E-state index >= 15 is 0 Å². The number of nitrogens with zero attached hydrogens (tertiary/aromatic N) is 1. The van der Waals surface area contributed by atoms with E-state index in [1.807, 2.05) is 6.92 Å². The highest BCUT2D eigenvalue weighted by atomic mass is 16.7. The molecule has 0 spiro atoms. The molecule has 0 bridgehead atoms. The molecule has 0 aliphatic carbocycles. The van der Waals surface area contributed by atoms with Crippen molar-refractivity contribution in [3.63, 3.8) is 0 Å². The Kier molecular flexibility index (Phi) is 6.06. The molecule has 7 atom stereocenters. The van der Waals surface area contributed by atoms with E-state index in [4.69, 9.17) is 18.9 Å². The van der Waals surface area contributed by atoms with E-state index < -0.39 is 53.9 Å². The van der Waals surface area contributed by atoms with E-state index in [1.54, 1.807) is 13.8 Å². The zero-order chi connectivity index (χ0) is 21.6. The van der Waals surface area contributed by atoms with Gasteiger partial charge in [0.15, 0.2) is 11.9 Å². The molecule has 3 fully saturated rings. The predicted octanol–water partition coefficient (Wildman–Crippen LogP) is -1.03. The smallest absolute Gasteiger partial charge is 0.330 e. The summed E-state index contributed by atoms with van der Waals surface area (Å²) < 4.78 is 26.5. The Bertz CT molecular complexity index is 675. The minimum atomic E-state index is -1.45. The monoisotopic (exact) mass is 415 g/mol. The van der Waals surface area contributed by atoms with Gasteiger partial charge in [-0.1, -0.05) is 6.08 Å². The highest BCUT2D eigenvalue weighted by Gasteiger charge is 2.65. The van der Waals surface area contributed by atoms with Crippen molar-refractivity contribution in [2.45, 2.75) is 68.7 Å². The normalized spacial score (nSPS) is 36.6. The lowest BCUT2D eigenvalue weighted by Gasteiger charge is -2.52. The fraction of sp³-hybridized carbons (Fsp3) is 0.789. The van der Waals surface area contributed by atoms with Crippen LogP contribution in [0.1, 0.15) is 20.8 Å². The average Bonchev–Trinajstić information content (AvgIpc) is 3.31. The van der Waals surface area contributed by atoms with Gasteiger partial charge in [0.1, 0.15) is 23.9 Å². The molecule has 0 unspecified atom stereocenters. The molecule has 0 aromatic heterocycles. The van der Waals surface area contributed by atoms with Gasteiger partial charge < -0.3 is 38.8 Å². The van der Waals surface area contributed by atoms with E-state index in [0.29, 0.717) is 6.61 Å². The minimum Gasteiger partial charge on any atom is -0.466 e. The van der Waals surface area contributed by atoms with Crippen LogP contribution in [-0.4, -0.2) is 102 Å². The molecular formula is C19H29NO9. The Morgan fingerprint density at radius 3 is 2.41 bits per heavy atom. The van der Waals surface area contributed by atoms with Crippen molar-refractivity contribution in [1.29, 1.82) is 0 Å². The summed E-state index contributed by atoms with van der Waals surface area (Å²) in [5.41, 5.74) is -0.619. The molecule has 164 valence electrons. The van der Waals surface area contributed by atoms with Gasteiger partial charge in [-0.25, -0.2) is 4.79 Å². The van der Waals surface area contributed by atoms with Crippen LogP contribution >= 0.6 is 0 Å². The number of aliphatic hydroxyl groups is 2. The topological polar surface area (TPSA) is 127 Å². The number of carbonyl (C=O) groups is 2. The molecule has 3 heterocycles. The molecule has 10 heteroatoms. The van der Waals surface area contributed by atoms with E-state index in [2.05, 4.69) is 4.74 Å². The average molecular weight is 415 g/mol. The van der Waals surface area contributed by atoms with Gasteiger partial charge in [-0.15, -0.1) is 0 Å². The molecule has 3 rings (SSSR count). The second-order valence-electron chi connectivity index (χ2n) is 8.17. The van der Waals surface area contributed by atoms with Gasteiger partial charge in [0.05, 0.1) is 32.4 Å². The molecule has 0 aromatic carbocycles. The lowest BCUT2D eigenvalue weighted by molar-refractivity contribution is -0.193. The lowest BCUT2D eigenvalue weighted by atomic mass is 9.83. The number of aliphatic hydroxyl groups excluding tert-OH is 2. The summed E-state index contributed by atoms with van der Waals surface area (Å²) in [5.74, 6) is -1.92. The SMILES string of the molecule is COC(=O)/C=C/[C@@H]([C@@H](O)[C@@H](O)[C@H]1COC(C)(C)O1)N1C(=O)[C@@H](OC)[C@H]1[C@@]1(C)CO1. The Morgan fingerprint density at radius 1 is 1.28 bits per heavy atom. The summed E-state index contributed by atoms with van der Waals surface area (Å²) in [4.78, 5) is 25.7. The number of epoxide rings is 1. The third kappa shape index (κ3) is 4.18. The Labute approximate surface area is 169 Å². The Hall–Kier alpha value is -1.56. The van der Waals surface area contributed by atoms with Crippen molar-refractivity contribution < 1.29 is 43.5 Å². The number of β-lactam (4-membered cyclic amide) rings is 1. The molecule has 0 saturated carbocycles. The van der Waals surface area contributed by atoms with Gasteiger partial charge in [0, 0.05) is 13.2 Å². The second kappa shape index (κ2) is 7.93. The van der Waals surface area contributed by atoms with Crippen LogP contribution in [0.25, 0.3) is 0 Å². The molecule has 0 aromatic rings. The van der Waals surface area contributed by atoms with Crippen LogP contribution in [0.4, 0.5) is 0 Å². The maximum atomic E-state index is 12.7. The molecule has 29 heavy (non-hydrogen) atoms. The van der Waals surface area contributed by atoms with Crippen molar-refractivity contribution in [3.8, 4) is 0 Å². The molecule has 10 nitrogen and oxygen atoms in total. The van der Waals surface area contributed by atoms with Crippen molar-refractivity contribution in [3.05, 3.63) is 12.2 Å². The molecule has 3 aliphatic heterocycles. The molecule has 1 amide bonds. The van der Waals surface area contributed by atoms with Crippen LogP contribution in [-0.2, 0) is 33.3 Å². The van der Waals surface area contributed by atoms with Crippen LogP contribution < -0.4 is 0 Å². The number of hydrogen-bond acceptors (Lipinski definition) is 9. The third-order valence-electron chi connectivity index (χ3n) is 5.63. The van der Waals surface area contributed by atoms with Crippen LogP contribution in [0.5, 0.6) is 0 Å². The standard InChI is InChI=1S/C19H29NO9/c1-18(2)27-8-11(29-18)14(23)13(22)10(6-7-12(21)25-4)20-16(19(3)9-28-19)15(26-5)17(20)24/h6-7,10-11,13-16,22-23H,8-9H2,1-5H3/b7-6+/t10-,11+,13+,14-,15-,16-,19+/m0/s1. The van der Waals surface area contributed by atoms with Gasteiger partial charge in [-0.05, 0) is 20.8 Å². The third-order valence-corrected chi connectivity index (χ3v) is 5.63. The molecule has 3 saturated heterocycles. The summed E-state index contributed by atoms with van der Waals surface area (Å²) in [6.07, 6.45) is -1.90. The fourth-order valence-corrected chi connectivity index (χ4v) is 3.87. The van der Waals surface area contributed by atoms with Crippen LogP contribution in [0, 0.1) is 0 Å². The summed E-state index contributed by atoms with van der Waals surface area (Å²) >= 11 is 0. The number of likely N-dealkylation sites (tertiary alicyclic amines) is 1. The number of amides is 1. The summed E-state index contributed by atoms with van der Waals surface area (Å²) in [6, 6.07) is -1.51. The quantitative estimate of drug-likeness (QED) is 0.221. The van der Waals surface area contributed by atoms with Gasteiger partial charge in [0.25, 0.3) is 5.91 Å². The predicted molar refractivity (Wildman–Crippen MR) is 97.6 cm³/mol. The number of methoxy groups -OCH3 is 2. The fourth-order valence-electron chi connectivity index (χ4n) is 3.87. The van der Waals surface area contributed by atoms with Gasteiger partial charge >= 0.3 is 5.97 Å². The number of hydrogen-bond donors (Lipinski definition) is 2. The number of rotatable bonds is 8. The van der Waals surface area contributed by atoms with E-state index in [0.717, 1.165) is 6.08 Å². The maximum absolute atomic E-state index is 12.7. The Balaban J connectivity index is 1.85. The first kappa shape index (κ1) is 22.1. The molecule has 3 aliphatic rings. The summed E-state index contributed by atoms with van der Waals surface area (Å²) in [5, 5.41) is 21.7. The highest BCUT2D eigenvalue weighted by molar-refractivity contribution is 5.90. The largest absolute Gasteiger partial charge is 0.466 e. The number of esters is 1. The zero-order valence-corrected chi connectivity index (χ0v) is 17.2. The summed E-state index contributed by atoms with van der Waals surface area (Å²) in [6.45, 7) is 5.75. The highest BCUT2D eigenvalue weighted by Crippen LogP contribution is 2.43. The van der Waals surface area contributed by atoms with Gasteiger partial charge in [-0.2, -0.15) is 0 Å². The van der Waals surface area contributed by atoms with Gasteiger partial charge in [0.2, 0.25) is 0 Å². The first-order valence-electron chi connectivity index (χ1n) is 9.47. The van der Waals surface area contributed by atoms with Crippen LogP contribution in [0.15, 0.2) is 12.2 Å². The van der Waals surface area contributed by atoms with Crippen LogP contribution in [0.3, 0.4) is 0 Å². The maximum Gasteiger partial charge on any atom is 0.330 e. The van der Waals surface area contributed by atoms with Crippen molar-refractivity contribution in [2.24, 2.45) is 0 Å². The van der Waals surface area contributed by atoms with E-state index in [1.165, 1.54) is 25.2 Å². The van der Waals surface area contributed by atoms with Crippen molar-refractivity contribution in [2.75, 3.05) is 27.4 Å². The first-order chi connectivity index (χ1) is 13.5. The summed E-state index contributed by atoms with van der Waals surface area (Å²) in [7, 11) is 2.64.